The Kier molecular flexibility index (Phi) is 3.79. The fourth-order valence-electron chi connectivity index (χ4n) is 2.74. The highest BCUT2D eigenvalue weighted by atomic mass is 19.1. The Labute approximate surface area is 120 Å². The summed E-state index contributed by atoms with van der Waals surface area (Å²) in [6.07, 6.45) is -1.56. The van der Waals surface area contributed by atoms with Crippen LogP contribution in [0.15, 0.2) is 18.2 Å². The molecule has 2 aliphatic rings. The van der Waals surface area contributed by atoms with Crippen LogP contribution in [0.25, 0.3) is 0 Å². The highest BCUT2D eigenvalue weighted by Crippen LogP contribution is 2.28. The fraction of sp³-hybridized carbons (Fsp3) is 0.500. The van der Waals surface area contributed by atoms with E-state index in [4.69, 9.17) is 14.2 Å². The molecular formula is C14H16FNO5. The van der Waals surface area contributed by atoms with Crippen molar-refractivity contribution in [2.45, 2.75) is 24.4 Å². The third-order valence-electron chi connectivity index (χ3n) is 3.77. The summed E-state index contributed by atoms with van der Waals surface area (Å²) in [5, 5.41) is 12.3. The van der Waals surface area contributed by atoms with Gasteiger partial charge in [0.15, 0.2) is 0 Å². The molecule has 0 bridgehead atoms. The zero-order valence-corrected chi connectivity index (χ0v) is 11.4. The van der Waals surface area contributed by atoms with E-state index in [0.29, 0.717) is 0 Å². The van der Waals surface area contributed by atoms with Crippen molar-refractivity contribution >= 4 is 5.91 Å². The van der Waals surface area contributed by atoms with E-state index >= 15 is 0 Å². The standard InChI is InChI=1S/C14H16FNO5/c1-19-10-4-2-3-7(15)11(10)14(18)16-8-5-20-13-9(17)6-21-12(8)13/h2-4,8-9,12-13,17H,5-6H2,1H3,(H,16,18)/t8-,9-,12-,13-/m1/s1. The SMILES string of the molecule is COc1cccc(F)c1C(=O)N[C@@H]1CO[C@H]2[C@@H]1OC[C@H]2O. The number of benzene rings is 1. The number of aliphatic hydroxyl groups excluding tert-OH is 1. The number of amides is 1. The fourth-order valence-corrected chi connectivity index (χ4v) is 2.74. The van der Waals surface area contributed by atoms with Crippen molar-refractivity contribution in [3.05, 3.63) is 29.6 Å². The monoisotopic (exact) mass is 297 g/mol. The first-order valence-corrected chi connectivity index (χ1v) is 6.66. The molecule has 21 heavy (non-hydrogen) atoms. The van der Waals surface area contributed by atoms with Crippen molar-refractivity contribution in [1.29, 1.82) is 0 Å². The molecule has 2 fully saturated rings. The van der Waals surface area contributed by atoms with E-state index in [1.165, 1.54) is 25.3 Å². The summed E-state index contributed by atoms with van der Waals surface area (Å²) in [7, 11) is 1.37. The summed E-state index contributed by atoms with van der Waals surface area (Å²) in [6.45, 7) is 0.389. The van der Waals surface area contributed by atoms with Gasteiger partial charge in [-0.15, -0.1) is 0 Å². The van der Waals surface area contributed by atoms with Crippen LogP contribution in [0.5, 0.6) is 5.75 Å². The molecule has 114 valence electrons. The van der Waals surface area contributed by atoms with E-state index in [1.807, 2.05) is 0 Å². The number of fused-ring (bicyclic) bond motifs is 1. The van der Waals surface area contributed by atoms with Crippen LogP contribution in [0, 0.1) is 5.82 Å². The first-order chi connectivity index (χ1) is 10.1. The van der Waals surface area contributed by atoms with Gasteiger partial charge in [-0.25, -0.2) is 4.39 Å². The van der Waals surface area contributed by atoms with Crippen LogP contribution in [-0.2, 0) is 9.47 Å². The summed E-state index contributed by atoms with van der Waals surface area (Å²) < 4.78 is 29.7. The molecule has 2 N–H and O–H groups in total. The quantitative estimate of drug-likeness (QED) is 0.827. The predicted octanol–water partition coefficient (Wildman–Crippen LogP) is 0.0912. The summed E-state index contributed by atoms with van der Waals surface area (Å²) in [4.78, 5) is 12.3. The number of aliphatic hydroxyl groups is 1. The lowest BCUT2D eigenvalue weighted by Gasteiger charge is -2.18. The lowest BCUT2D eigenvalue weighted by atomic mass is 10.1. The van der Waals surface area contributed by atoms with Crippen LogP contribution in [-0.4, -0.2) is 55.7 Å². The predicted molar refractivity (Wildman–Crippen MR) is 69.7 cm³/mol. The highest BCUT2D eigenvalue weighted by Gasteiger charge is 2.47. The van der Waals surface area contributed by atoms with Crippen LogP contribution in [0.3, 0.4) is 0 Å². The number of methoxy groups -OCH3 is 1. The molecule has 7 heteroatoms. The van der Waals surface area contributed by atoms with Crippen molar-refractivity contribution < 1.29 is 28.5 Å². The van der Waals surface area contributed by atoms with Gasteiger partial charge in [0.05, 0.1) is 26.4 Å². The van der Waals surface area contributed by atoms with Gasteiger partial charge in [-0.1, -0.05) is 6.07 Å². The average molecular weight is 297 g/mol. The molecule has 3 rings (SSSR count). The van der Waals surface area contributed by atoms with E-state index in [9.17, 15) is 14.3 Å². The lowest BCUT2D eigenvalue weighted by molar-refractivity contribution is 0.0178. The smallest absolute Gasteiger partial charge is 0.258 e. The molecule has 2 heterocycles. The number of carbonyl (C=O) groups is 1. The molecule has 1 amide bonds. The van der Waals surface area contributed by atoms with Gasteiger partial charge in [0.2, 0.25) is 0 Å². The molecule has 0 aliphatic carbocycles. The number of nitrogens with one attached hydrogen (secondary N) is 1. The molecule has 2 saturated heterocycles. The van der Waals surface area contributed by atoms with Gasteiger partial charge < -0.3 is 24.6 Å². The van der Waals surface area contributed by atoms with Gasteiger partial charge in [-0.3, -0.25) is 4.79 Å². The van der Waals surface area contributed by atoms with Crippen molar-refractivity contribution in [2.75, 3.05) is 20.3 Å². The maximum absolute atomic E-state index is 13.8. The van der Waals surface area contributed by atoms with Gasteiger partial charge in [-0.2, -0.15) is 0 Å². The molecule has 6 nitrogen and oxygen atoms in total. The largest absolute Gasteiger partial charge is 0.496 e. The van der Waals surface area contributed by atoms with Gasteiger partial charge in [0.1, 0.15) is 35.4 Å². The summed E-state index contributed by atoms with van der Waals surface area (Å²) in [5.74, 6) is -1.09. The molecule has 0 aromatic heterocycles. The second kappa shape index (κ2) is 5.59. The summed E-state index contributed by atoms with van der Waals surface area (Å²) in [6, 6.07) is 3.75. The Hall–Kier alpha value is -1.70. The van der Waals surface area contributed by atoms with E-state index in [2.05, 4.69) is 5.32 Å². The number of ether oxygens (including phenoxy) is 3. The van der Waals surface area contributed by atoms with Crippen LogP contribution < -0.4 is 10.1 Å². The Morgan fingerprint density at radius 2 is 2.14 bits per heavy atom. The molecule has 0 radical (unpaired) electrons. The minimum Gasteiger partial charge on any atom is -0.496 e. The van der Waals surface area contributed by atoms with E-state index in [-0.39, 0.29) is 24.5 Å². The number of hydrogen-bond donors (Lipinski definition) is 2. The number of halogens is 1. The van der Waals surface area contributed by atoms with Crippen LogP contribution >= 0.6 is 0 Å². The van der Waals surface area contributed by atoms with Gasteiger partial charge >= 0.3 is 0 Å². The second-order valence-corrected chi connectivity index (χ2v) is 5.06. The number of hydrogen-bond acceptors (Lipinski definition) is 5. The summed E-state index contributed by atoms with van der Waals surface area (Å²) in [5.41, 5.74) is -0.151. The van der Waals surface area contributed by atoms with Gasteiger partial charge in [0.25, 0.3) is 5.91 Å². The summed E-state index contributed by atoms with van der Waals surface area (Å²) >= 11 is 0. The number of rotatable bonds is 3. The first-order valence-electron chi connectivity index (χ1n) is 6.66. The van der Waals surface area contributed by atoms with Gasteiger partial charge in [0, 0.05) is 0 Å². The average Bonchev–Trinajstić information content (AvgIpc) is 3.03. The topological polar surface area (TPSA) is 77.0 Å². The minimum atomic E-state index is -0.695. The van der Waals surface area contributed by atoms with E-state index in [0.717, 1.165) is 0 Å². The molecule has 0 saturated carbocycles. The molecule has 0 unspecified atom stereocenters. The van der Waals surface area contributed by atoms with Crippen molar-refractivity contribution in [1.82, 2.24) is 5.32 Å². The Morgan fingerprint density at radius 1 is 1.38 bits per heavy atom. The Bertz CT molecular complexity index is 552. The second-order valence-electron chi connectivity index (χ2n) is 5.06. The molecule has 0 spiro atoms. The molecule has 1 aromatic rings. The minimum absolute atomic E-state index is 0.151. The first kappa shape index (κ1) is 14.2. The zero-order chi connectivity index (χ0) is 15.0. The highest BCUT2D eigenvalue weighted by molar-refractivity contribution is 5.97. The van der Waals surface area contributed by atoms with Crippen molar-refractivity contribution in [3.63, 3.8) is 0 Å². The molecule has 1 aromatic carbocycles. The molecule has 4 atom stereocenters. The number of carbonyl (C=O) groups excluding carboxylic acids is 1. The third-order valence-corrected chi connectivity index (χ3v) is 3.77. The maximum atomic E-state index is 13.8. The third kappa shape index (κ3) is 2.48. The Morgan fingerprint density at radius 3 is 2.90 bits per heavy atom. The van der Waals surface area contributed by atoms with Gasteiger partial charge in [-0.05, 0) is 12.1 Å². The van der Waals surface area contributed by atoms with Crippen LogP contribution in [0.1, 0.15) is 10.4 Å². The van der Waals surface area contributed by atoms with Crippen LogP contribution in [0.4, 0.5) is 4.39 Å². The van der Waals surface area contributed by atoms with Crippen molar-refractivity contribution in [3.8, 4) is 5.75 Å². The lowest BCUT2D eigenvalue weighted by Crippen LogP contribution is -2.44. The van der Waals surface area contributed by atoms with E-state index < -0.39 is 36.1 Å². The molecule has 2 aliphatic heterocycles. The normalized spacial score (nSPS) is 31.0. The van der Waals surface area contributed by atoms with Crippen LogP contribution in [0.2, 0.25) is 0 Å². The molecular weight excluding hydrogens is 281 g/mol. The maximum Gasteiger partial charge on any atom is 0.258 e. The zero-order valence-electron chi connectivity index (χ0n) is 11.4. The van der Waals surface area contributed by atoms with E-state index in [1.54, 1.807) is 0 Å². The Balaban J connectivity index is 1.76. The van der Waals surface area contributed by atoms with Crippen molar-refractivity contribution in [2.24, 2.45) is 0 Å².